The standard InChI is InChI=1S/C18H22N4O/c23-18(16-8-7-14-4-1-2-5-15(14)10-16)21-9-3-6-17(11-21)22-13-19-12-20-22/h7-8,10,12-13,17H,1-6,9,11H2/t17-/m0/s1. The molecule has 2 aliphatic rings. The van der Waals surface area contributed by atoms with Crippen LogP contribution in [0.4, 0.5) is 0 Å². The summed E-state index contributed by atoms with van der Waals surface area (Å²) in [5.74, 6) is 0.156. The van der Waals surface area contributed by atoms with E-state index in [1.165, 1.54) is 24.0 Å². The molecule has 5 heteroatoms. The molecule has 0 bridgehead atoms. The van der Waals surface area contributed by atoms with E-state index < -0.39 is 0 Å². The van der Waals surface area contributed by atoms with Crippen molar-refractivity contribution in [3.05, 3.63) is 47.5 Å². The van der Waals surface area contributed by atoms with Crippen LogP contribution in [0.3, 0.4) is 0 Å². The Balaban J connectivity index is 1.52. The lowest BCUT2D eigenvalue weighted by atomic mass is 9.90. The fourth-order valence-corrected chi connectivity index (χ4v) is 3.81. The molecule has 2 aromatic rings. The van der Waals surface area contributed by atoms with E-state index in [1.54, 1.807) is 12.7 Å². The summed E-state index contributed by atoms with van der Waals surface area (Å²) in [5, 5.41) is 4.23. The number of hydrogen-bond acceptors (Lipinski definition) is 3. The molecule has 120 valence electrons. The number of rotatable bonds is 2. The molecule has 1 aromatic carbocycles. The molecule has 23 heavy (non-hydrogen) atoms. The number of benzene rings is 1. The third-order valence-corrected chi connectivity index (χ3v) is 5.09. The van der Waals surface area contributed by atoms with Gasteiger partial charge in [0.2, 0.25) is 0 Å². The third-order valence-electron chi connectivity index (χ3n) is 5.09. The first-order valence-corrected chi connectivity index (χ1v) is 8.56. The molecule has 0 unspecified atom stereocenters. The molecule has 4 rings (SSSR count). The zero-order valence-corrected chi connectivity index (χ0v) is 13.3. The van der Waals surface area contributed by atoms with Gasteiger partial charge < -0.3 is 4.90 Å². The molecular weight excluding hydrogens is 288 g/mol. The van der Waals surface area contributed by atoms with Gasteiger partial charge in [0.05, 0.1) is 6.04 Å². The van der Waals surface area contributed by atoms with E-state index in [4.69, 9.17) is 0 Å². The molecule has 0 saturated carbocycles. The van der Waals surface area contributed by atoms with Crippen molar-refractivity contribution in [3.63, 3.8) is 0 Å². The van der Waals surface area contributed by atoms with E-state index in [2.05, 4.69) is 22.2 Å². The van der Waals surface area contributed by atoms with Crippen LogP contribution in [0.1, 0.15) is 53.2 Å². The van der Waals surface area contributed by atoms with Gasteiger partial charge in [-0.1, -0.05) is 6.07 Å². The van der Waals surface area contributed by atoms with E-state index in [1.807, 2.05) is 15.6 Å². The van der Waals surface area contributed by atoms with Crippen LogP contribution in [0.25, 0.3) is 0 Å². The first-order chi connectivity index (χ1) is 11.3. The van der Waals surface area contributed by atoms with Crippen molar-refractivity contribution in [2.75, 3.05) is 13.1 Å². The summed E-state index contributed by atoms with van der Waals surface area (Å²) in [6, 6.07) is 6.52. The predicted molar refractivity (Wildman–Crippen MR) is 87.3 cm³/mol. The number of aromatic nitrogens is 3. The van der Waals surface area contributed by atoms with Crippen molar-refractivity contribution >= 4 is 5.91 Å². The van der Waals surface area contributed by atoms with Gasteiger partial charge in [0.15, 0.2) is 0 Å². The monoisotopic (exact) mass is 310 g/mol. The number of carbonyl (C=O) groups is 1. The lowest BCUT2D eigenvalue weighted by Gasteiger charge is -2.33. The highest BCUT2D eigenvalue weighted by molar-refractivity contribution is 5.94. The number of carbonyl (C=O) groups excluding carboxylic acids is 1. The minimum atomic E-state index is 0.156. The van der Waals surface area contributed by atoms with Gasteiger partial charge in [0.25, 0.3) is 5.91 Å². The number of piperidine rings is 1. The minimum absolute atomic E-state index is 0.156. The van der Waals surface area contributed by atoms with Gasteiger partial charge in [-0.15, -0.1) is 0 Å². The van der Waals surface area contributed by atoms with E-state index in [-0.39, 0.29) is 11.9 Å². The van der Waals surface area contributed by atoms with Gasteiger partial charge in [0.1, 0.15) is 12.7 Å². The average molecular weight is 310 g/mol. The molecule has 1 saturated heterocycles. The summed E-state index contributed by atoms with van der Waals surface area (Å²) in [7, 11) is 0. The van der Waals surface area contributed by atoms with Crippen molar-refractivity contribution in [2.24, 2.45) is 0 Å². The largest absolute Gasteiger partial charge is 0.337 e. The van der Waals surface area contributed by atoms with Gasteiger partial charge in [0, 0.05) is 18.7 Å². The molecule has 5 nitrogen and oxygen atoms in total. The summed E-state index contributed by atoms with van der Waals surface area (Å²) < 4.78 is 1.88. The van der Waals surface area contributed by atoms with Crippen LogP contribution in [-0.4, -0.2) is 38.7 Å². The normalized spacial score (nSPS) is 21.0. The molecule has 0 N–H and O–H groups in total. The quantitative estimate of drug-likeness (QED) is 0.857. The lowest BCUT2D eigenvalue weighted by Crippen LogP contribution is -2.40. The van der Waals surface area contributed by atoms with E-state index >= 15 is 0 Å². The highest BCUT2D eigenvalue weighted by Gasteiger charge is 2.26. The van der Waals surface area contributed by atoms with Gasteiger partial charge in [-0.25, -0.2) is 9.67 Å². The Bertz CT molecular complexity index is 695. The number of likely N-dealkylation sites (tertiary alicyclic amines) is 1. The van der Waals surface area contributed by atoms with Crippen molar-refractivity contribution in [1.82, 2.24) is 19.7 Å². The summed E-state index contributed by atoms with van der Waals surface area (Å²) >= 11 is 0. The second kappa shape index (κ2) is 6.14. The molecule has 1 aliphatic heterocycles. The Morgan fingerprint density at radius 2 is 2.00 bits per heavy atom. The molecule has 0 radical (unpaired) electrons. The molecule has 0 spiro atoms. The topological polar surface area (TPSA) is 51.0 Å². The Labute approximate surface area is 136 Å². The van der Waals surface area contributed by atoms with E-state index in [9.17, 15) is 4.79 Å². The molecule has 1 amide bonds. The molecule has 1 aromatic heterocycles. The van der Waals surface area contributed by atoms with E-state index in [0.29, 0.717) is 0 Å². The number of amides is 1. The maximum absolute atomic E-state index is 12.9. The maximum Gasteiger partial charge on any atom is 0.253 e. The van der Waals surface area contributed by atoms with Gasteiger partial charge in [-0.3, -0.25) is 4.79 Å². The van der Waals surface area contributed by atoms with Crippen molar-refractivity contribution in [1.29, 1.82) is 0 Å². The number of nitrogens with zero attached hydrogens (tertiary/aromatic N) is 4. The Morgan fingerprint density at radius 1 is 1.13 bits per heavy atom. The zero-order valence-electron chi connectivity index (χ0n) is 13.3. The van der Waals surface area contributed by atoms with Crippen molar-refractivity contribution in [2.45, 2.75) is 44.6 Å². The van der Waals surface area contributed by atoms with Crippen LogP contribution in [0.2, 0.25) is 0 Å². The van der Waals surface area contributed by atoms with Crippen LogP contribution < -0.4 is 0 Å². The number of aryl methyl sites for hydroxylation is 2. The van der Waals surface area contributed by atoms with Gasteiger partial charge in [-0.2, -0.15) is 5.10 Å². The first-order valence-electron chi connectivity index (χ1n) is 8.56. The Kier molecular flexibility index (Phi) is 3.85. The third kappa shape index (κ3) is 2.87. The Hall–Kier alpha value is -2.17. The second-order valence-electron chi connectivity index (χ2n) is 6.61. The Morgan fingerprint density at radius 3 is 2.83 bits per heavy atom. The zero-order chi connectivity index (χ0) is 15.6. The fraction of sp³-hybridized carbons (Fsp3) is 0.500. The molecule has 1 atom stereocenters. The highest BCUT2D eigenvalue weighted by atomic mass is 16.2. The van der Waals surface area contributed by atoms with E-state index in [0.717, 1.165) is 44.3 Å². The summed E-state index contributed by atoms with van der Waals surface area (Å²) in [5.41, 5.74) is 3.63. The molecule has 2 heterocycles. The van der Waals surface area contributed by atoms with Gasteiger partial charge in [-0.05, 0) is 61.8 Å². The number of fused-ring (bicyclic) bond motifs is 1. The van der Waals surface area contributed by atoms with Crippen LogP contribution >= 0.6 is 0 Å². The van der Waals surface area contributed by atoms with Crippen LogP contribution in [0, 0.1) is 0 Å². The number of hydrogen-bond donors (Lipinski definition) is 0. The van der Waals surface area contributed by atoms with Crippen LogP contribution in [0.15, 0.2) is 30.9 Å². The van der Waals surface area contributed by atoms with Crippen LogP contribution in [0.5, 0.6) is 0 Å². The first kappa shape index (κ1) is 14.4. The van der Waals surface area contributed by atoms with Crippen LogP contribution in [-0.2, 0) is 12.8 Å². The predicted octanol–water partition coefficient (Wildman–Crippen LogP) is 2.63. The fourth-order valence-electron chi connectivity index (χ4n) is 3.81. The summed E-state index contributed by atoms with van der Waals surface area (Å²) in [6.07, 6.45) is 10.1. The minimum Gasteiger partial charge on any atom is -0.337 e. The lowest BCUT2D eigenvalue weighted by molar-refractivity contribution is 0.0672. The highest BCUT2D eigenvalue weighted by Crippen LogP contribution is 2.25. The maximum atomic E-state index is 12.9. The molecule has 1 aliphatic carbocycles. The smallest absolute Gasteiger partial charge is 0.253 e. The SMILES string of the molecule is O=C(c1ccc2c(c1)CCCC2)N1CCC[C@H](n2cncn2)C1. The summed E-state index contributed by atoms with van der Waals surface area (Å²) in [4.78, 5) is 18.9. The molecule has 1 fully saturated rings. The molecular formula is C18H22N4O. The summed E-state index contributed by atoms with van der Waals surface area (Å²) in [6.45, 7) is 1.56. The van der Waals surface area contributed by atoms with Crippen molar-refractivity contribution < 1.29 is 4.79 Å². The van der Waals surface area contributed by atoms with Crippen molar-refractivity contribution in [3.8, 4) is 0 Å². The second-order valence-corrected chi connectivity index (χ2v) is 6.61. The average Bonchev–Trinajstić information content (AvgIpc) is 3.15. The van der Waals surface area contributed by atoms with Gasteiger partial charge >= 0.3 is 0 Å².